The predicted molar refractivity (Wildman–Crippen MR) is 78.3 cm³/mol. The molecular formula is C16H18N2O2. The SMILES string of the molecule is Cc1cccc(C(=O)NCc2ccc(CN)cc2)c1O. The number of phenols is 1. The Hall–Kier alpha value is -2.33. The van der Waals surface area contributed by atoms with Crippen molar-refractivity contribution in [2.45, 2.75) is 20.0 Å². The van der Waals surface area contributed by atoms with E-state index in [0.717, 1.165) is 11.1 Å². The third kappa shape index (κ3) is 3.16. The summed E-state index contributed by atoms with van der Waals surface area (Å²) < 4.78 is 0. The molecule has 20 heavy (non-hydrogen) atoms. The van der Waals surface area contributed by atoms with Crippen LogP contribution in [0.15, 0.2) is 42.5 Å². The highest BCUT2D eigenvalue weighted by Crippen LogP contribution is 2.21. The second kappa shape index (κ2) is 6.21. The van der Waals surface area contributed by atoms with E-state index < -0.39 is 0 Å². The van der Waals surface area contributed by atoms with Crippen LogP contribution in [0, 0.1) is 6.92 Å². The molecule has 0 heterocycles. The van der Waals surface area contributed by atoms with Gasteiger partial charge >= 0.3 is 0 Å². The molecule has 104 valence electrons. The summed E-state index contributed by atoms with van der Waals surface area (Å²) in [6, 6.07) is 12.8. The Morgan fingerprint density at radius 1 is 1.15 bits per heavy atom. The zero-order valence-corrected chi connectivity index (χ0v) is 11.4. The molecule has 4 heteroatoms. The molecule has 0 fully saturated rings. The number of carbonyl (C=O) groups is 1. The van der Waals surface area contributed by atoms with Gasteiger partial charge in [0, 0.05) is 13.1 Å². The fraction of sp³-hybridized carbons (Fsp3) is 0.188. The van der Waals surface area contributed by atoms with Crippen molar-refractivity contribution in [3.8, 4) is 5.75 Å². The maximum Gasteiger partial charge on any atom is 0.255 e. The van der Waals surface area contributed by atoms with E-state index in [9.17, 15) is 9.90 Å². The van der Waals surface area contributed by atoms with Gasteiger partial charge in [-0.3, -0.25) is 4.79 Å². The molecule has 4 N–H and O–H groups in total. The van der Waals surface area contributed by atoms with Crippen molar-refractivity contribution in [3.05, 3.63) is 64.7 Å². The van der Waals surface area contributed by atoms with Crippen LogP contribution in [0.5, 0.6) is 5.75 Å². The van der Waals surface area contributed by atoms with Crippen LogP contribution in [-0.2, 0) is 13.1 Å². The summed E-state index contributed by atoms with van der Waals surface area (Å²) in [5, 5.41) is 12.6. The molecule has 0 spiro atoms. The molecule has 0 aromatic heterocycles. The van der Waals surface area contributed by atoms with Crippen LogP contribution in [0.3, 0.4) is 0 Å². The molecule has 0 aliphatic heterocycles. The van der Waals surface area contributed by atoms with Gasteiger partial charge in [-0.2, -0.15) is 0 Å². The Bertz CT molecular complexity index is 606. The Labute approximate surface area is 118 Å². The average molecular weight is 270 g/mol. The number of hydrogen-bond acceptors (Lipinski definition) is 3. The molecule has 0 saturated heterocycles. The molecular weight excluding hydrogens is 252 g/mol. The van der Waals surface area contributed by atoms with Gasteiger partial charge in [-0.1, -0.05) is 36.4 Å². The zero-order valence-electron chi connectivity index (χ0n) is 11.4. The Morgan fingerprint density at radius 2 is 1.80 bits per heavy atom. The molecule has 2 aromatic carbocycles. The number of hydrogen-bond donors (Lipinski definition) is 3. The lowest BCUT2D eigenvalue weighted by atomic mass is 10.1. The molecule has 0 saturated carbocycles. The highest BCUT2D eigenvalue weighted by atomic mass is 16.3. The summed E-state index contributed by atoms with van der Waals surface area (Å²) in [6.45, 7) is 2.68. The summed E-state index contributed by atoms with van der Waals surface area (Å²) in [6.07, 6.45) is 0. The molecule has 0 unspecified atom stereocenters. The van der Waals surface area contributed by atoms with E-state index in [1.54, 1.807) is 25.1 Å². The van der Waals surface area contributed by atoms with Crippen LogP contribution >= 0.6 is 0 Å². The molecule has 0 aliphatic rings. The van der Waals surface area contributed by atoms with Gasteiger partial charge in [0.15, 0.2) is 0 Å². The monoisotopic (exact) mass is 270 g/mol. The topological polar surface area (TPSA) is 75.4 Å². The van der Waals surface area contributed by atoms with Gasteiger partial charge in [0.25, 0.3) is 5.91 Å². The predicted octanol–water partition coefficient (Wildman–Crippen LogP) is 2.09. The molecule has 4 nitrogen and oxygen atoms in total. The maximum atomic E-state index is 12.0. The van der Waals surface area contributed by atoms with Gasteiger partial charge in [-0.05, 0) is 29.7 Å². The second-order valence-corrected chi connectivity index (χ2v) is 4.67. The molecule has 2 rings (SSSR count). The van der Waals surface area contributed by atoms with E-state index in [4.69, 9.17) is 5.73 Å². The Morgan fingerprint density at radius 3 is 2.45 bits per heavy atom. The molecule has 1 amide bonds. The summed E-state index contributed by atoms with van der Waals surface area (Å²) >= 11 is 0. The third-order valence-electron chi connectivity index (χ3n) is 3.19. The highest BCUT2D eigenvalue weighted by Gasteiger charge is 2.11. The maximum absolute atomic E-state index is 12.0. The number of amides is 1. The Kier molecular flexibility index (Phi) is 4.38. The number of carbonyl (C=O) groups excluding carboxylic acids is 1. The summed E-state index contributed by atoms with van der Waals surface area (Å²) in [5.74, 6) is -0.252. The first-order valence-electron chi connectivity index (χ1n) is 6.46. The molecule has 0 bridgehead atoms. The van der Waals surface area contributed by atoms with Crippen LogP contribution in [0.1, 0.15) is 27.0 Å². The first-order chi connectivity index (χ1) is 9.61. The van der Waals surface area contributed by atoms with E-state index in [2.05, 4.69) is 5.32 Å². The van der Waals surface area contributed by atoms with Gasteiger partial charge in [0.2, 0.25) is 0 Å². The van der Waals surface area contributed by atoms with Crippen LogP contribution < -0.4 is 11.1 Å². The van der Waals surface area contributed by atoms with Crippen molar-refractivity contribution < 1.29 is 9.90 Å². The Balaban J connectivity index is 2.02. The lowest BCUT2D eigenvalue weighted by Crippen LogP contribution is -2.23. The number of aryl methyl sites for hydroxylation is 1. The van der Waals surface area contributed by atoms with Crippen molar-refractivity contribution in [2.24, 2.45) is 5.73 Å². The van der Waals surface area contributed by atoms with Crippen molar-refractivity contribution >= 4 is 5.91 Å². The highest BCUT2D eigenvalue weighted by molar-refractivity contribution is 5.97. The number of nitrogens with two attached hydrogens (primary N) is 1. The fourth-order valence-electron chi connectivity index (χ4n) is 1.91. The van der Waals surface area contributed by atoms with Crippen LogP contribution in [0.2, 0.25) is 0 Å². The van der Waals surface area contributed by atoms with Crippen LogP contribution in [0.25, 0.3) is 0 Å². The fourth-order valence-corrected chi connectivity index (χ4v) is 1.91. The van der Waals surface area contributed by atoms with Crippen molar-refractivity contribution in [3.63, 3.8) is 0 Å². The van der Waals surface area contributed by atoms with Crippen LogP contribution in [-0.4, -0.2) is 11.0 Å². The lowest BCUT2D eigenvalue weighted by molar-refractivity contribution is 0.0948. The zero-order chi connectivity index (χ0) is 14.5. The number of nitrogens with one attached hydrogen (secondary N) is 1. The van der Waals surface area contributed by atoms with E-state index in [1.807, 2.05) is 24.3 Å². The molecule has 0 atom stereocenters. The second-order valence-electron chi connectivity index (χ2n) is 4.67. The van der Waals surface area contributed by atoms with Gasteiger partial charge in [0.05, 0.1) is 5.56 Å². The van der Waals surface area contributed by atoms with Crippen molar-refractivity contribution in [2.75, 3.05) is 0 Å². The number of para-hydroxylation sites is 1. The van der Waals surface area contributed by atoms with Gasteiger partial charge in [-0.15, -0.1) is 0 Å². The first kappa shape index (κ1) is 14.1. The number of benzene rings is 2. The minimum atomic E-state index is -0.283. The van der Waals surface area contributed by atoms with E-state index in [-0.39, 0.29) is 11.7 Å². The standard InChI is InChI=1S/C16H18N2O2/c1-11-3-2-4-14(15(11)19)16(20)18-10-13-7-5-12(9-17)6-8-13/h2-8,19H,9-10,17H2,1H3,(H,18,20). The summed E-state index contributed by atoms with van der Waals surface area (Å²) in [5.41, 5.74) is 8.55. The number of aromatic hydroxyl groups is 1. The van der Waals surface area contributed by atoms with Gasteiger partial charge in [0.1, 0.15) is 5.75 Å². The van der Waals surface area contributed by atoms with Crippen molar-refractivity contribution in [1.29, 1.82) is 0 Å². The van der Waals surface area contributed by atoms with E-state index in [0.29, 0.717) is 24.2 Å². The molecule has 0 radical (unpaired) electrons. The summed E-state index contributed by atoms with van der Waals surface area (Å²) in [4.78, 5) is 12.0. The molecule has 2 aromatic rings. The third-order valence-corrected chi connectivity index (χ3v) is 3.19. The normalized spacial score (nSPS) is 10.3. The van der Waals surface area contributed by atoms with E-state index in [1.165, 1.54) is 0 Å². The first-order valence-corrected chi connectivity index (χ1v) is 6.46. The minimum Gasteiger partial charge on any atom is -0.507 e. The quantitative estimate of drug-likeness (QED) is 0.796. The number of rotatable bonds is 4. The van der Waals surface area contributed by atoms with Crippen molar-refractivity contribution in [1.82, 2.24) is 5.32 Å². The largest absolute Gasteiger partial charge is 0.507 e. The average Bonchev–Trinajstić information content (AvgIpc) is 2.48. The number of phenolic OH excluding ortho intramolecular Hbond substituents is 1. The lowest BCUT2D eigenvalue weighted by Gasteiger charge is -2.08. The van der Waals surface area contributed by atoms with Gasteiger partial charge < -0.3 is 16.2 Å². The smallest absolute Gasteiger partial charge is 0.255 e. The van der Waals surface area contributed by atoms with E-state index >= 15 is 0 Å². The minimum absolute atomic E-state index is 0.0310. The summed E-state index contributed by atoms with van der Waals surface area (Å²) in [7, 11) is 0. The van der Waals surface area contributed by atoms with Crippen LogP contribution in [0.4, 0.5) is 0 Å². The van der Waals surface area contributed by atoms with Gasteiger partial charge in [-0.25, -0.2) is 0 Å². The molecule has 0 aliphatic carbocycles.